The first kappa shape index (κ1) is 27.4. The van der Waals surface area contributed by atoms with E-state index in [1.807, 2.05) is 32.0 Å². The molecule has 0 aliphatic rings. The summed E-state index contributed by atoms with van der Waals surface area (Å²) in [6.07, 6.45) is 1.80. The lowest BCUT2D eigenvalue weighted by molar-refractivity contribution is 0.107. The molecule has 0 spiro atoms. The van der Waals surface area contributed by atoms with Crippen molar-refractivity contribution >= 4 is 39.8 Å². The molecule has 0 aromatic heterocycles. The minimum absolute atomic E-state index is 0. The van der Waals surface area contributed by atoms with Gasteiger partial charge in [-0.15, -0.1) is 24.0 Å². The van der Waals surface area contributed by atoms with E-state index in [1.54, 1.807) is 0 Å². The highest BCUT2D eigenvalue weighted by atomic mass is 127. The largest absolute Gasteiger partial charge is 0.372 e. The van der Waals surface area contributed by atoms with Crippen LogP contribution < -0.4 is 10.6 Å². The third-order valence-electron chi connectivity index (χ3n) is 4.47. The first-order valence-electron chi connectivity index (χ1n) is 10.3. The molecule has 2 aromatic carbocycles. The average Bonchev–Trinajstić information content (AvgIpc) is 2.72. The molecule has 0 bridgehead atoms. The van der Waals surface area contributed by atoms with Crippen molar-refractivity contribution in [1.82, 2.24) is 10.6 Å². The van der Waals surface area contributed by atoms with Crippen LogP contribution >= 0.6 is 24.0 Å². The third kappa shape index (κ3) is 12.1. The van der Waals surface area contributed by atoms with Crippen molar-refractivity contribution in [3.05, 3.63) is 71.3 Å². The fraction of sp³-hybridized carbons (Fsp3) is 0.435. The van der Waals surface area contributed by atoms with Crippen molar-refractivity contribution in [3.63, 3.8) is 0 Å². The highest BCUT2D eigenvalue weighted by molar-refractivity contribution is 14.0. The number of ether oxygens (including phenoxy) is 1. The molecule has 0 aliphatic heterocycles. The van der Waals surface area contributed by atoms with Crippen LogP contribution in [0.2, 0.25) is 0 Å². The lowest BCUT2D eigenvalue weighted by atomic mass is 10.1. The van der Waals surface area contributed by atoms with Crippen molar-refractivity contribution in [1.29, 1.82) is 0 Å². The van der Waals surface area contributed by atoms with Gasteiger partial charge in [0.2, 0.25) is 0 Å². The van der Waals surface area contributed by atoms with Crippen molar-refractivity contribution in [2.75, 3.05) is 18.6 Å². The van der Waals surface area contributed by atoms with E-state index >= 15 is 0 Å². The SMILES string of the molecule is CCNC(=NCc1ccc(COCc2ccccc2)cc1)NC(C)CCS(C)(=O)=O.I. The molecule has 0 aliphatic carbocycles. The van der Waals surface area contributed by atoms with Gasteiger partial charge in [0.15, 0.2) is 5.96 Å². The molecule has 0 fully saturated rings. The smallest absolute Gasteiger partial charge is 0.191 e. The predicted molar refractivity (Wildman–Crippen MR) is 139 cm³/mol. The Hall–Kier alpha value is -1.65. The molecule has 2 aromatic rings. The zero-order valence-electron chi connectivity index (χ0n) is 18.5. The lowest BCUT2D eigenvalue weighted by Crippen LogP contribution is -2.42. The predicted octanol–water partition coefficient (Wildman–Crippen LogP) is 3.90. The second-order valence-corrected chi connectivity index (χ2v) is 9.71. The Morgan fingerprint density at radius 3 is 2.16 bits per heavy atom. The summed E-state index contributed by atoms with van der Waals surface area (Å²) in [6.45, 7) is 6.41. The Balaban J connectivity index is 0.00000480. The summed E-state index contributed by atoms with van der Waals surface area (Å²) in [4.78, 5) is 4.61. The normalized spacial score (nSPS) is 12.7. The molecule has 172 valence electrons. The molecular weight excluding hydrogens is 525 g/mol. The average molecular weight is 560 g/mol. The van der Waals surface area contributed by atoms with Crippen LogP contribution in [0.3, 0.4) is 0 Å². The molecule has 0 radical (unpaired) electrons. The molecule has 0 heterocycles. The van der Waals surface area contributed by atoms with Crippen LogP contribution in [-0.2, 0) is 34.3 Å². The molecule has 1 atom stereocenters. The second-order valence-electron chi connectivity index (χ2n) is 7.45. The van der Waals surface area contributed by atoms with Gasteiger partial charge in [0.1, 0.15) is 9.84 Å². The summed E-state index contributed by atoms with van der Waals surface area (Å²) >= 11 is 0. The van der Waals surface area contributed by atoms with Crippen molar-refractivity contribution in [2.24, 2.45) is 4.99 Å². The molecule has 0 amide bonds. The van der Waals surface area contributed by atoms with Gasteiger partial charge in [0, 0.05) is 18.8 Å². The van der Waals surface area contributed by atoms with E-state index in [2.05, 4.69) is 52.0 Å². The molecule has 1 unspecified atom stereocenters. The monoisotopic (exact) mass is 559 g/mol. The molecule has 31 heavy (non-hydrogen) atoms. The number of aliphatic imine (C=N–C) groups is 1. The zero-order valence-corrected chi connectivity index (χ0v) is 21.7. The Morgan fingerprint density at radius 1 is 1.00 bits per heavy atom. The van der Waals surface area contributed by atoms with Crippen LogP contribution in [-0.4, -0.2) is 39.0 Å². The minimum atomic E-state index is -2.96. The highest BCUT2D eigenvalue weighted by Gasteiger charge is 2.09. The number of benzene rings is 2. The van der Waals surface area contributed by atoms with Gasteiger partial charge < -0.3 is 15.4 Å². The van der Waals surface area contributed by atoms with E-state index < -0.39 is 9.84 Å². The van der Waals surface area contributed by atoms with E-state index in [0.717, 1.165) is 23.2 Å². The standard InChI is InChI=1S/C23H33N3O3S.HI/c1-4-24-23(26-19(2)14-15-30(3,27)28)25-16-20-10-12-22(13-11-20)18-29-17-21-8-6-5-7-9-21;/h5-13,19H,4,14-18H2,1-3H3,(H2,24,25,26);1H. The van der Waals surface area contributed by atoms with Crippen LogP contribution in [0.1, 0.15) is 37.0 Å². The van der Waals surface area contributed by atoms with E-state index in [-0.39, 0.29) is 35.8 Å². The number of sulfone groups is 1. The van der Waals surface area contributed by atoms with Crippen LogP contribution in [0.15, 0.2) is 59.6 Å². The van der Waals surface area contributed by atoms with Crippen LogP contribution in [0, 0.1) is 0 Å². The van der Waals surface area contributed by atoms with E-state index in [9.17, 15) is 8.42 Å². The Morgan fingerprint density at radius 2 is 1.58 bits per heavy atom. The number of halogens is 1. The number of hydrogen-bond acceptors (Lipinski definition) is 4. The number of hydrogen-bond donors (Lipinski definition) is 2. The number of nitrogens with zero attached hydrogens (tertiary/aromatic N) is 1. The summed E-state index contributed by atoms with van der Waals surface area (Å²) in [6, 6.07) is 18.4. The maximum Gasteiger partial charge on any atom is 0.191 e. The van der Waals surface area contributed by atoms with Gasteiger partial charge in [-0.25, -0.2) is 13.4 Å². The molecule has 8 heteroatoms. The van der Waals surface area contributed by atoms with Gasteiger partial charge in [0.05, 0.1) is 25.5 Å². The molecule has 0 saturated carbocycles. The topological polar surface area (TPSA) is 79.8 Å². The number of guanidine groups is 1. The van der Waals surface area contributed by atoms with E-state index in [4.69, 9.17) is 4.74 Å². The number of nitrogens with one attached hydrogen (secondary N) is 2. The molecule has 0 saturated heterocycles. The van der Waals surface area contributed by atoms with Gasteiger partial charge in [-0.05, 0) is 37.0 Å². The summed E-state index contributed by atoms with van der Waals surface area (Å²) < 4.78 is 28.5. The molecule has 2 rings (SSSR count). The Labute approximate surface area is 203 Å². The van der Waals surface area contributed by atoms with Crippen LogP contribution in [0.4, 0.5) is 0 Å². The lowest BCUT2D eigenvalue weighted by Gasteiger charge is -2.17. The molecule has 6 nitrogen and oxygen atoms in total. The fourth-order valence-electron chi connectivity index (χ4n) is 2.79. The van der Waals surface area contributed by atoms with Crippen molar-refractivity contribution in [3.8, 4) is 0 Å². The van der Waals surface area contributed by atoms with Gasteiger partial charge in [-0.2, -0.15) is 0 Å². The van der Waals surface area contributed by atoms with Gasteiger partial charge >= 0.3 is 0 Å². The van der Waals surface area contributed by atoms with Gasteiger partial charge in [-0.3, -0.25) is 0 Å². The van der Waals surface area contributed by atoms with Crippen LogP contribution in [0.5, 0.6) is 0 Å². The van der Waals surface area contributed by atoms with Crippen molar-refractivity contribution in [2.45, 2.75) is 46.1 Å². The molecular formula is C23H34IN3O3S. The maximum atomic E-state index is 11.3. The summed E-state index contributed by atoms with van der Waals surface area (Å²) in [7, 11) is -2.96. The maximum absolute atomic E-state index is 11.3. The zero-order chi connectivity index (χ0) is 21.8. The third-order valence-corrected chi connectivity index (χ3v) is 5.45. The first-order valence-corrected chi connectivity index (χ1v) is 12.3. The van der Waals surface area contributed by atoms with Crippen LogP contribution in [0.25, 0.3) is 0 Å². The van der Waals surface area contributed by atoms with Gasteiger partial charge in [-0.1, -0.05) is 54.6 Å². The van der Waals surface area contributed by atoms with E-state index in [0.29, 0.717) is 32.1 Å². The van der Waals surface area contributed by atoms with Gasteiger partial charge in [0.25, 0.3) is 0 Å². The Kier molecular flexibility index (Phi) is 12.7. The van der Waals surface area contributed by atoms with E-state index in [1.165, 1.54) is 6.26 Å². The quantitative estimate of drug-likeness (QED) is 0.248. The summed E-state index contributed by atoms with van der Waals surface area (Å²) in [5.74, 6) is 0.850. The fourth-order valence-corrected chi connectivity index (χ4v) is 3.57. The summed E-state index contributed by atoms with van der Waals surface area (Å²) in [5, 5.41) is 6.48. The van der Waals surface area contributed by atoms with Crippen molar-refractivity contribution < 1.29 is 13.2 Å². The minimum Gasteiger partial charge on any atom is -0.372 e. The summed E-state index contributed by atoms with van der Waals surface area (Å²) in [5.41, 5.74) is 3.39. The second kappa shape index (κ2) is 14.4. The Bertz CT molecular complexity index is 888. The molecule has 2 N–H and O–H groups in total. The highest BCUT2D eigenvalue weighted by Crippen LogP contribution is 2.09. The first-order chi connectivity index (χ1) is 14.4. The number of rotatable bonds is 11.